The topological polar surface area (TPSA) is 13.0 Å². The molecule has 0 fully saturated rings. The number of nitrogens with zero attached hydrogens (tertiary/aromatic N) is 4. The van der Waals surface area contributed by atoms with Crippen molar-refractivity contribution < 1.29 is 0 Å². The van der Waals surface area contributed by atoms with E-state index in [2.05, 4.69) is 74.8 Å². The Hall–Kier alpha value is 0.270. The first-order chi connectivity index (χ1) is 8.85. The standard InChI is InChI=1S/C14H36N4P/c1-9-11-13-18(14-12-10-2)19(15(3)4,16(5)6)17(7)8/h9-14H2,1-8H3/q+1. The average molecular weight is 291 g/mol. The molecule has 4 nitrogen and oxygen atoms in total. The van der Waals surface area contributed by atoms with Gasteiger partial charge in [-0.05, 0) is 12.8 Å². The fourth-order valence-electron chi connectivity index (χ4n) is 2.89. The van der Waals surface area contributed by atoms with Crippen molar-refractivity contribution in [3.8, 4) is 0 Å². The molecule has 5 heteroatoms. The van der Waals surface area contributed by atoms with E-state index in [9.17, 15) is 0 Å². The number of hydrogen-bond donors (Lipinski definition) is 0. The van der Waals surface area contributed by atoms with E-state index >= 15 is 0 Å². The van der Waals surface area contributed by atoms with Crippen molar-refractivity contribution in [2.75, 3.05) is 55.4 Å². The SMILES string of the molecule is CCCCN(CCCC)[P+](N(C)C)(N(C)C)N(C)C. The summed E-state index contributed by atoms with van der Waals surface area (Å²) in [5.41, 5.74) is 0. The molecule has 0 saturated heterocycles. The van der Waals surface area contributed by atoms with Gasteiger partial charge in [0.25, 0.3) is 0 Å². The van der Waals surface area contributed by atoms with Crippen LogP contribution in [-0.4, -0.2) is 74.1 Å². The molecule has 0 atom stereocenters. The lowest BCUT2D eigenvalue weighted by Gasteiger charge is -2.45. The van der Waals surface area contributed by atoms with Crippen LogP contribution in [-0.2, 0) is 0 Å². The van der Waals surface area contributed by atoms with Crippen molar-refractivity contribution in [1.82, 2.24) is 18.7 Å². The quantitative estimate of drug-likeness (QED) is 0.573. The molecular weight excluding hydrogens is 255 g/mol. The zero-order chi connectivity index (χ0) is 15.1. The van der Waals surface area contributed by atoms with Crippen molar-refractivity contribution in [2.24, 2.45) is 0 Å². The van der Waals surface area contributed by atoms with Crippen LogP contribution in [0.25, 0.3) is 0 Å². The molecule has 0 aromatic heterocycles. The normalized spacial score (nSPS) is 13.3. The molecule has 0 saturated carbocycles. The molecule has 0 aliphatic carbocycles. The van der Waals surface area contributed by atoms with Gasteiger partial charge in [-0.2, -0.15) is 0 Å². The fraction of sp³-hybridized carbons (Fsp3) is 1.00. The summed E-state index contributed by atoms with van der Waals surface area (Å²) in [5, 5.41) is 0. The molecule has 0 rings (SSSR count). The number of hydrogen-bond acceptors (Lipinski definition) is 4. The van der Waals surface area contributed by atoms with Crippen LogP contribution in [0.1, 0.15) is 39.5 Å². The summed E-state index contributed by atoms with van der Waals surface area (Å²) in [5.74, 6) is 0. The third kappa shape index (κ3) is 4.64. The zero-order valence-corrected chi connectivity index (χ0v) is 15.4. The highest BCUT2D eigenvalue weighted by Crippen LogP contribution is 2.66. The van der Waals surface area contributed by atoms with Gasteiger partial charge in [-0.3, -0.25) is 0 Å². The lowest BCUT2D eigenvalue weighted by Crippen LogP contribution is -2.47. The van der Waals surface area contributed by atoms with Crippen LogP contribution in [0.5, 0.6) is 0 Å². The third-order valence-corrected chi connectivity index (χ3v) is 7.91. The van der Waals surface area contributed by atoms with Crippen LogP contribution in [0.4, 0.5) is 0 Å². The predicted octanol–water partition coefficient (Wildman–Crippen LogP) is 3.25. The highest BCUT2D eigenvalue weighted by Gasteiger charge is 2.53. The van der Waals surface area contributed by atoms with E-state index < -0.39 is 7.87 Å². The van der Waals surface area contributed by atoms with Gasteiger partial charge in [0.05, 0.1) is 0 Å². The predicted molar refractivity (Wildman–Crippen MR) is 89.4 cm³/mol. The Kier molecular flexibility index (Phi) is 9.38. The van der Waals surface area contributed by atoms with Crippen LogP contribution in [0.2, 0.25) is 0 Å². The molecule has 0 amide bonds. The second kappa shape index (κ2) is 9.25. The molecule has 0 bridgehead atoms. The van der Waals surface area contributed by atoms with Crippen LogP contribution in [0.15, 0.2) is 0 Å². The lowest BCUT2D eigenvalue weighted by molar-refractivity contribution is 0.315. The van der Waals surface area contributed by atoms with Gasteiger partial charge in [0.2, 0.25) is 0 Å². The molecule has 19 heavy (non-hydrogen) atoms. The molecule has 0 radical (unpaired) electrons. The molecule has 0 spiro atoms. The summed E-state index contributed by atoms with van der Waals surface area (Å²) in [7, 11) is 11.8. The minimum atomic E-state index is -1.55. The highest BCUT2D eigenvalue weighted by molar-refractivity contribution is 7.66. The molecule has 0 N–H and O–H groups in total. The molecule has 116 valence electrons. The van der Waals surface area contributed by atoms with Gasteiger partial charge in [-0.15, -0.1) is 18.7 Å². The van der Waals surface area contributed by atoms with E-state index in [-0.39, 0.29) is 0 Å². The summed E-state index contributed by atoms with van der Waals surface area (Å²) in [6, 6.07) is 0. The first-order valence-electron chi connectivity index (χ1n) is 7.53. The van der Waals surface area contributed by atoms with Gasteiger partial charge in [-0.1, -0.05) is 26.7 Å². The summed E-state index contributed by atoms with van der Waals surface area (Å²) < 4.78 is 10.0. The molecule has 0 aromatic rings. The van der Waals surface area contributed by atoms with Gasteiger partial charge < -0.3 is 0 Å². The molecule has 0 unspecified atom stereocenters. The van der Waals surface area contributed by atoms with Crippen molar-refractivity contribution in [1.29, 1.82) is 0 Å². The Bertz CT molecular complexity index is 202. The maximum absolute atomic E-state index is 2.72. The van der Waals surface area contributed by atoms with Crippen LogP contribution in [0, 0.1) is 0 Å². The lowest BCUT2D eigenvalue weighted by atomic mass is 10.3. The Morgan fingerprint density at radius 2 is 0.947 bits per heavy atom. The molecule has 0 aliphatic heterocycles. The molecule has 0 heterocycles. The Labute approximate surface area is 122 Å². The first-order valence-corrected chi connectivity index (χ1v) is 9.13. The van der Waals surface area contributed by atoms with E-state index in [0.717, 1.165) is 0 Å². The maximum Gasteiger partial charge on any atom is 0.307 e. The minimum Gasteiger partial charge on any atom is -0.139 e. The summed E-state index contributed by atoms with van der Waals surface area (Å²) >= 11 is 0. The van der Waals surface area contributed by atoms with Crippen molar-refractivity contribution in [3.63, 3.8) is 0 Å². The Balaban J connectivity index is 5.31. The monoisotopic (exact) mass is 291 g/mol. The minimum absolute atomic E-state index is 1.19. The van der Waals surface area contributed by atoms with Gasteiger partial charge in [-0.25, -0.2) is 0 Å². The molecule has 0 aromatic carbocycles. The molecular formula is C14H36N4P+. The smallest absolute Gasteiger partial charge is 0.139 e. The van der Waals surface area contributed by atoms with Crippen molar-refractivity contribution >= 4 is 7.87 Å². The van der Waals surface area contributed by atoms with E-state index in [1.165, 1.54) is 38.8 Å². The van der Waals surface area contributed by atoms with E-state index in [1.54, 1.807) is 0 Å². The van der Waals surface area contributed by atoms with Crippen molar-refractivity contribution in [2.45, 2.75) is 39.5 Å². The second-order valence-corrected chi connectivity index (χ2v) is 9.78. The summed E-state index contributed by atoms with van der Waals surface area (Å²) in [4.78, 5) is 0. The van der Waals surface area contributed by atoms with E-state index in [1.807, 2.05) is 0 Å². The van der Waals surface area contributed by atoms with Crippen LogP contribution < -0.4 is 0 Å². The van der Waals surface area contributed by atoms with Gasteiger partial charge >= 0.3 is 7.87 Å². The average Bonchev–Trinajstić information content (AvgIpc) is 2.31. The zero-order valence-electron chi connectivity index (χ0n) is 14.5. The fourth-order valence-corrected chi connectivity index (χ4v) is 7.38. The molecule has 0 aliphatic rings. The van der Waals surface area contributed by atoms with E-state index in [0.29, 0.717) is 0 Å². The largest absolute Gasteiger partial charge is 0.307 e. The maximum atomic E-state index is 2.72. The van der Waals surface area contributed by atoms with Gasteiger partial charge in [0.15, 0.2) is 0 Å². The van der Waals surface area contributed by atoms with Crippen LogP contribution in [0.3, 0.4) is 0 Å². The highest BCUT2D eigenvalue weighted by atomic mass is 31.2. The summed E-state index contributed by atoms with van der Waals surface area (Å²) in [6.07, 6.45) is 5.08. The Morgan fingerprint density at radius 3 is 1.16 bits per heavy atom. The number of rotatable bonds is 10. The first kappa shape index (κ1) is 19.3. The van der Waals surface area contributed by atoms with Crippen LogP contribution >= 0.6 is 7.87 Å². The third-order valence-electron chi connectivity index (χ3n) is 3.53. The van der Waals surface area contributed by atoms with Gasteiger partial charge in [0, 0.05) is 55.4 Å². The second-order valence-electron chi connectivity index (χ2n) is 5.74. The Morgan fingerprint density at radius 1 is 0.632 bits per heavy atom. The van der Waals surface area contributed by atoms with Crippen molar-refractivity contribution in [3.05, 3.63) is 0 Å². The summed E-state index contributed by atoms with van der Waals surface area (Å²) in [6.45, 7) is 6.94. The number of unbranched alkanes of at least 4 members (excludes halogenated alkanes) is 2. The van der Waals surface area contributed by atoms with E-state index in [4.69, 9.17) is 0 Å². The van der Waals surface area contributed by atoms with Gasteiger partial charge in [0.1, 0.15) is 0 Å².